The van der Waals surface area contributed by atoms with Crippen LogP contribution in [0.2, 0.25) is 4.34 Å². The molecule has 1 aliphatic heterocycles. The largest absolute Gasteiger partial charge is 0.313 e. The molecule has 1 N–H and O–H groups in total. The maximum Gasteiger partial charge on any atom is 0.0931 e. The van der Waals surface area contributed by atoms with Crippen molar-refractivity contribution in [3.8, 4) is 0 Å². The molecule has 18 heavy (non-hydrogen) atoms. The minimum absolute atomic E-state index is 0.578. The van der Waals surface area contributed by atoms with Crippen molar-refractivity contribution in [1.29, 1.82) is 0 Å². The third-order valence-electron chi connectivity index (χ3n) is 3.59. The number of rotatable bonds is 5. The minimum atomic E-state index is 0.578. The fourth-order valence-corrected chi connectivity index (χ4v) is 3.57. The summed E-state index contributed by atoms with van der Waals surface area (Å²) in [6, 6.07) is 5.39. The maximum absolute atomic E-state index is 6.00. The van der Waals surface area contributed by atoms with E-state index in [9.17, 15) is 0 Å². The number of piperidine rings is 1. The van der Waals surface area contributed by atoms with Crippen molar-refractivity contribution in [3.05, 3.63) is 21.3 Å². The third-order valence-corrected chi connectivity index (χ3v) is 4.80. The van der Waals surface area contributed by atoms with Gasteiger partial charge in [0, 0.05) is 30.1 Å². The molecule has 1 aromatic rings. The molecule has 1 fully saturated rings. The number of halogens is 1. The lowest BCUT2D eigenvalue weighted by molar-refractivity contribution is 0.178. The standard InChI is InChI=1S/C14H23ClN2S/c1-11(2)17(9-12-5-3-4-8-16-12)10-13-6-7-14(15)18-13/h6-7,11-12,16H,3-5,8-10H2,1-2H3. The molecule has 0 radical (unpaired) electrons. The average molecular weight is 287 g/mol. The summed E-state index contributed by atoms with van der Waals surface area (Å²) in [6.07, 6.45) is 4.02. The van der Waals surface area contributed by atoms with Gasteiger partial charge < -0.3 is 5.32 Å². The van der Waals surface area contributed by atoms with E-state index in [2.05, 4.69) is 30.1 Å². The topological polar surface area (TPSA) is 15.3 Å². The number of nitrogens with one attached hydrogen (secondary N) is 1. The van der Waals surface area contributed by atoms with Gasteiger partial charge in [-0.25, -0.2) is 0 Å². The molecule has 0 aliphatic carbocycles. The normalized spacial score (nSPS) is 20.8. The highest BCUT2D eigenvalue weighted by Gasteiger charge is 2.19. The first-order valence-electron chi connectivity index (χ1n) is 6.87. The highest BCUT2D eigenvalue weighted by molar-refractivity contribution is 7.16. The monoisotopic (exact) mass is 286 g/mol. The second-order valence-corrected chi connectivity index (χ2v) is 7.18. The molecule has 0 bridgehead atoms. The first kappa shape index (κ1) is 14.3. The Morgan fingerprint density at radius 3 is 2.83 bits per heavy atom. The van der Waals surface area contributed by atoms with E-state index in [0.29, 0.717) is 12.1 Å². The summed E-state index contributed by atoms with van der Waals surface area (Å²) >= 11 is 7.70. The Morgan fingerprint density at radius 2 is 2.28 bits per heavy atom. The molecule has 2 heterocycles. The van der Waals surface area contributed by atoms with Gasteiger partial charge in [-0.15, -0.1) is 11.3 Å². The van der Waals surface area contributed by atoms with E-state index in [1.54, 1.807) is 11.3 Å². The van der Waals surface area contributed by atoms with E-state index in [-0.39, 0.29) is 0 Å². The molecule has 1 aliphatic rings. The van der Waals surface area contributed by atoms with Gasteiger partial charge in [-0.1, -0.05) is 18.0 Å². The van der Waals surface area contributed by atoms with E-state index in [4.69, 9.17) is 11.6 Å². The summed E-state index contributed by atoms with van der Waals surface area (Å²) in [7, 11) is 0. The summed E-state index contributed by atoms with van der Waals surface area (Å²) < 4.78 is 0.893. The van der Waals surface area contributed by atoms with Crippen LogP contribution in [0.25, 0.3) is 0 Å². The Kier molecular flexibility index (Phi) is 5.49. The number of hydrogen-bond acceptors (Lipinski definition) is 3. The Morgan fingerprint density at radius 1 is 1.44 bits per heavy atom. The highest BCUT2D eigenvalue weighted by atomic mass is 35.5. The van der Waals surface area contributed by atoms with Crippen LogP contribution in [0.3, 0.4) is 0 Å². The molecule has 0 amide bonds. The molecule has 0 spiro atoms. The van der Waals surface area contributed by atoms with Gasteiger partial charge in [0.15, 0.2) is 0 Å². The Bertz CT molecular complexity index is 358. The van der Waals surface area contributed by atoms with Crippen LogP contribution in [-0.2, 0) is 6.54 Å². The SMILES string of the molecule is CC(C)N(Cc1ccc(Cl)s1)CC1CCCCN1. The summed E-state index contributed by atoms with van der Waals surface area (Å²) in [4.78, 5) is 3.91. The maximum atomic E-state index is 6.00. The first-order chi connectivity index (χ1) is 8.65. The molecule has 102 valence electrons. The van der Waals surface area contributed by atoms with Gasteiger partial charge in [0.05, 0.1) is 4.34 Å². The second kappa shape index (κ2) is 6.90. The third kappa shape index (κ3) is 4.23. The van der Waals surface area contributed by atoms with E-state index in [0.717, 1.165) is 17.4 Å². The van der Waals surface area contributed by atoms with Gasteiger partial charge in [0.2, 0.25) is 0 Å². The molecular weight excluding hydrogens is 264 g/mol. The zero-order valence-corrected chi connectivity index (χ0v) is 12.9. The fraction of sp³-hybridized carbons (Fsp3) is 0.714. The zero-order chi connectivity index (χ0) is 13.0. The van der Waals surface area contributed by atoms with Crippen LogP contribution in [0, 0.1) is 0 Å². The lowest BCUT2D eigenvalue weighted by Gasteiger charge is -2.32. The number of nitrogens with zero attached hydrogens (tertiary/aromatic N) is 1. The Balaban J connectivity index is 1.90. The molecule has 2 rings (SSSR count). The summed E-state index contributed by atoms with van der Waals surface area (Å²) in [6.45, 7) is 7.90. The molecule has 2 nitrogen and oxygen atoms in total. The summed E-state index contributed by atoms with van der Waals surface area (Å²) in [5, 5.41) is 3.63. The van der Waals surface area contributed by atoms with Crippen molar-refractivity contribution in [2.24, 2.45) is 0 Å². The molecule has 1 saturated heterocycles. The molecule has 1 atom stereocenters. The molecule has 4 heteroatoms. The zero-order valence-electron chi connectivity index (χ0n) is 11.3. The van der Waals surface area contributed by atoms with Crippen LogP contribution in [-0.4, -0.2) is 30.1 Å². The van der Waals surface area contributed by atoms with Crippen LogP contribution in [0.15, 0.2) is 12.1 Å². The lowest BCUT2D eigenvalue weighted by Crippen LogP contribution is -2.45. The average Bonchev–Trinajstić information content (AvgIpc) is 2.75. The lowest BCUT2D eigenvalue weighted by atomic mass is 10.0. The first-order valence-corrected chi connectivity index (χ1v) is 8.06. The quantitative estimate of drug-likeness (QED) is 0.887. The van der Waals surface area contributed by atoms with Crippen molar-refractivity contribution in [1.82, 2.24) is 10.2 Å². The molecular formula is C14H23ClN2S. The van der Waals surface area contributed by atoms with E-state index in [1.165, 1.54) is 30.7 Å². The van der Waals surface area contributed by atoms with Gasteiger partial charge in [-0.2, -0.15) is 0 Å². The van der Waals surface area contributed by atoms with Gasteiger partial charge in [0.25, 0.3) is 0 Å². The van der Waals surface area contributed by atoms with Gasteiger partial charge >= 0.3 is 0 Å². The predicted molar refractivity (Wildman–Crippen MR) is 80.5 cm³/mol. The van der Waals surface area contributed by atoms with Gasteiger partial charge in [0.1, 0.15) is 0 Å². The van der Waals surface area contributed by atoms with Crippen molar-refractivity contribution in [2.75, 3.05) is 13.1 Å². The highest BCUT2D eigenvalue weighted by Crippen LogP contribution is 2.23. The van der Waals surface area contributed by atoms with Gasteiger partial charge in [-0.05, 0) is 45.4 Å². The van der Waals surface area contributed by atoms with Crippen molar-refractivity contribution < 1.29 is 0 Å². The predicted octanol–water partition coefficient (Wildman–Crippen LogP) is 3.75. The van der Waals surface area contributed by atoms with Crippen LogP contribution in [0.1, 0.15) is 38.0 Å². The fourth-order valence-electron chi connectivity index (χ4n) is 2.46. The van der Waals surface area contributed by atoms with Crippen molar-refractivity contribution >= 4 is 22.9 Å². The number of thiophene rings is 1. The van der Waals surface area contributed by atoms with Crippen LogP contribution in [0.4, 0.5) is 0 Å². The summed E-state index contributed by atoms with van der Waals surface area (Å²) in [5.74, 6) is 0. The van der Waals surface area contributed by atoms with Crippen molar-refractivity contribution in [3.63, 3.8) is 0 Å². The molecule has 0 aromatic carbocycles. The van der Waals surface area contributed by atoms with Gasteiger partial charge in [-0.3, -0.25) is 4.90 Å². The second-order valence-electron chi connectivity index (χ2n) is 5.38. The Hall–Kier alpha value is -0.0900. The summed E-state index contributed by atoms with van der Waals surface area (Å²) in [5.41, 5.74) is 0. The minimum Gasteiger partial charge on any atom is -0.313 e. The van der Waals surface area contributed by atoms with E-state index in [1.807, 2.05) is 6.07 Å². The van der Waals surface area contributed by atoms with Crippen molar-refractivity contribution in [2.45, 2.75) is 51.7 Å². The number of hydrogen-bond donors (Lipinski definition) is 1. The smallest absolute Gasteiger partial charge is 0.0931 e. The van der Waals surface area contributed by atoms with E-state index < -0.39 is 0 Å². The molecule has 1 unspecified atom stereocenters. The Labute approximate surface area is 119 Å². The van der Waals surface area contributed by atoms with Crippen LogP contribution >= 0.6 is 22.9 Å². The van der Waals surface area contributed by atoms with Crippen LogP contribution < -0.4 is 5.32 Å². The van der Waals surface area contributed by atoms with Crippen LogP contribution in [0.5, 0.6) is 0 Å². The molecule has 1 aromatic heterocycles. The van der Waals surface area contributed by atoms with E-state index >= 15 is 0 Å². The molecule has 0 saturated carbocycles.